The van der Waals surface area contributed by atoms with Gasteiger partial charge in [0.2, 0.25) is 11.8 Å². The topological polar surface area (TPSA) is 79.9 Å². The Morgan fingerprint density at radius 1 is 1.13 bits per heavy atom. The lowest BCUT2D eigenvalue weighted by molar-refractivity contribution is -0.122. The number of methoxy groups -OCH3 is 2. The highest BCUT2D eigenvalue weighted by Crippen LogP contribution is 2.28. The monoisotopic (exact) mass is 323 g/mol. The first-order valence-electron chi connectivity index (χ1n) is 7.47. The number of benzene rings is 1. The van der Waals surface area contributed by atoms with Gasteiger partial charge in [-0.15, -0.1) is 0 Å². The number of likely N-dealkylation sites (N-methyl/N-ethyl adjacent to an activating group) is 1. The highest BCUT2D eigenvalue weighted by molar-refractivity contribution is 5.94. The zero-order chi connectivity index (χ0) is 17.2. The second-order valence-electron chi connectivity index (χ2n) is 5.14. The molecule has 1 aromatic carbocycles. The Kier molecular flexibility index (Phi) is 7.90. The number of nitrogens with one attached hydrogen (secondary N) is 2. The van der Waals surface area contributed by atoms with Crippen LogP contribution in [-0.4, -0.2) is 57.6 Å². The number of ether oxygens (including phenoxy) is 2. The fourth-order valence-corrected chi connectivity index (χ4v) is 1.97. The maximum Gasteiger partial charge on any atom is 0.238 e. The molecular formula is C16H25N3O4. The van der Waals surface area contributed by atoms with Crippen molar-refractivity contribution in [3.8, 4) is 11.5 Å². The van der Waals surface area contributed by atoms with Crippen molar-refractivity contribution in [2.24, 2.45) is 0 Å². The van der Waals surface area contributed by atoms with Gasteiger partial charge in [-0.05, 0) is 25.6 Å². The second-order valence-corrected chi connectivity index (χ2v) is 5.14. The predicted octanol–water partition coefficient (Wildman–Crippen LogP) is 1.10. The van der Waals surface area contributed by atoms with E-state index < -0.39 is 0 Å². The minimum atomic E-state index is -0.234. The van der Waals surface area contributed by atoms with Crippen LogP contribution in [0.5, 0.6) is 11.5 Å². The molecule has 0 aliphatic rings. The molecule has 128 valence electrons. The fourth-order valence-electron chi connectivity index (χ4n) is 1.97. The van der Waals surface area contributed by atoms with E-state index in [2.05, 4.69) is 10.6 Å². The summed E-state index contributed by atoms with van der Waals surface area (Å²) in [5.41, 5.74) is 0.528. The van der Waals surface area contributed by atoms with Crippen LogP contribution in [-0.2, 0) is 9.59 Å². The summed E-state index contributed by atoms with van der Waals surface area (Å²) in [7, 11) is 4.80. The van der Waals surface area contributed by atoms with Crippen molar-refractivity contribution in [1.29, 1.82) is 0 Å². The molecule has 0 atom stereocenters. The molecule has 23 heavy (non-hydrogen) atoms. The van der Waals surface area contributed by atoms with Gasteiger partial charge in [-0.25, -0.2) is 0 Å². The molecule has 1 rings (SSSR count). The van der Waals surface area contributed by atoms with Crippen molar-refractivity contribution >= 4 is 17.5 Å². The minimum Gasteiger partial charge on any atom is -0.497 e. The van der Waals surface area contributed by atoms with Gasteiger partial charge in [0, 0.05) is 12.6 Å². The van der Waals surface area contributed by atoms with E-state index in [1.807, 2.05) is 6.92 Å². The van der Waals surface area contributed by atoms with Crippen LogP contribution in [0.25, 0.3) is 0 Å². The predicted molar refractivity (Wildman–Crippen MR) is 89.0 cm³/mol. The maximum atomic E-state index is 12.1. The van der Waals surface area contributed by atoms with Crippen LogP contribution in [0.4, 0.5) is 5.69 Å². The van der Waals surface area contributed by atoms with Gasteiger partial charge in [0.1, 0.15) is 11.5 Å². The molecule has 0 fully saturated rings. The van der Waals surface area contributed by atoms with Gasteiger partial charge in [0.05, 0.1) is 33.0 Å². The molecule has 7 nitrogen and oxygen atoms in total. The quantitative estimate of drug-likeness (QED) is 0.711. The maximum absolute atomic E-state index is 12.1. The summed E-state index contributed by atoms with van der Waals surface area (Å²) in [5, 5.41) is 5.54. The van der Waals surface area contributed by atoms with Gasteiger partial charge >= 0.3 is 0 Å². The molecule has 0 bridgehead atoms. The van der Waals surface area contributed by atoms with Crippen LogP contribution in [0.1, 0.15) is 13.3 Å². The number of hydrogen-bond donors (Lipinski definition) is 2. The molecule has 0 aliphatic heterocycles. The van der Waals surface area contributed by atoms with Crippen LogP contribution in [0.15, 0.2) is 18.2 Å². The molecule has 0 aromatic heterocycles. The van der Waals surface area contributed by atoms with Crippen LogP contribution in [0, 0.1) is 0 Å². The largest absolute Gasteiger partial charge is 0.497 e. The van der Waals surface area contributed by atoms with E-state index in [4.69, 9.17) is 9.47 Å². The van der Waals surface area contributed by atoms with E-state index in [9.17, 15) is 9.59 Å². The van der Waals surface area contributed by atoms with Gasteiger partial charge in [-0.1, -0.05) is 6.92 Å². The lowest BCUT2D eigenvalue weighted by atomic mass is 10.2. The average molecular weight is 323 g/mol. The summed E-state index contributed by atoms with van der Waals surface area (Å²) in [4.78, 5) is 25.4. The number of carbonyl (C=O) groups is 2. The first kappa shape index (κ1) is 18.8. The van der Waals surface area contributed by atoms with Crippen molar-refractivity contribution < 1.29 is 19.1 Å². The van der Waals surface area contributed by atoms with Gasteiger partial charge in [0.25, 0.3) is 0 Å². The van der Waals surface area contributed by atoms with Crippen molar-refractivity contribution in [2.45, 2.75) is 13.3 Å². The van der Waals surface area contributed by atoms with E-state index in [-0.39, 0.29) is 24.9 Å². The van der Waals surface area contributed by atoms with Crippen molar-refractivity contribution in [3.05, 3.63) is 18.2 Å². The third kappa shape index (κ3) is 6.56. The summed E-state index contributed by atoms with van der Waals surface area (Å²) in [6, 6.07) is 5.15. The lowest BCUT2D eigenvalue weighted by Crippen LogP contribution is -2.39. The Balaban J connectivity index is 2.57. The standard InChI is InChI=1S/C16H25N3O4/c1-5-8-17-15(20)10-19(2)11-16(21)18-13-9-12(22-3)6-7-14(13)23-4/h6-7,9H,5,8,10-11H2,1-4H3,(H,17,20)(H,18,21). The molecule has 1 aromatic rings. The molecule has 2 amide bonds. The number of rotatable bonds is 9. The number of hydrogen-bond acceptors (Lipinski definition) is 5. The summed E-state index contributed by atoms with van der Waals surface area (Å²) in [6.45, 7) is 2.89. The lowest BCUT2D eigenvalue weighted by Gasteiger charge is -2.17. The zero-order valence-corrected chi connectivity index (χ0v) is 14.1. The van der Waals surface area contributed by atoms with Crippen molar-refractivity contribution in [1.82, 2.24) is 10.2 Å². The van der Waals surface area contributed by atoms with E-state index in [0.29, 0.717) is 23.7 Å². The van der Waals surface area contributed by atoms with Crippen LogP contribution in [0.2, 0.25) is 0 Å². The second kappa shape index (κ2) is 9.68. The Bertz CT molecular complexity index is 534. The van der Waals surface area contributed by atoms with Gasteiger partial charge < -0.3 is 20.1 Å². The molecule has 0 aliphatic carbocycles. The molecule has 0 unspecified atom stereocenters. The van der Waals surface area contributed by atoms with E-state index in [1.54, 1.807) is 37.3 Å². The SMILES string of the molecule is CCCNC(=O)CN(C)CC(=O)Nc1cc(OC)ccc1OC. The number of nitrogens with zero attached hydrogens (tertiary/aromatic N) is 1. The van der Waals surface area contributed by atoms with E-state index in [0.717, 1.165) is 6.42 Å². The first-order valence-corrected chi connectivity index (χ1v) is 7.47. The smallest absolute Gasteiger partial charge is 0.238 e. The molecule has 0 saturated carbocycles. The third-order valence-electron chi connectivity index (χ3n) is 3.08. The third-order valence-corrected chi connectivity index (χ3v) is 3.08. The molecule has 7 heteroatoms. The summed E-state index contributed by atoms with van der Waals surface area (Å²) in [6.07, 6.45) is 0.881. The first-order chi connectivity index (χ1) is 11.0. The fraction of sp³-hybridized carbons (Fsp3) is 0.500. The van der Waals surface area contributed by atoms with Crippen LogP contribution in [0.3, 0.4) is 0 Å². The van der Waals surface area contributed by atoms with Crippen LogP contribution < -0.4 is 20.1 Å². The normalized spacial score (nSPS) is 10.3. The molecule has 0 spiro atoms. The number of anilines is 1. The molecule has 0 heterocycles. The Hall–Kier alpha value is -2.28. The van der Waals surface area contributed by atoms with Crippen LogP contribution >= 0.6 is 0 Å². The Morgan fingerprint density at radius 3 is 2.43 bits per heavy atom. The average Bonchev–Trinajstić information content (AvgIpc) is 2.52. The molecule has 0 saturated heterocycles. The highest BCUT2D eigenvalue weighted by Gasteiger charge is 2.13. The van der Waals surface area contributed by atoms with Gasteiger partial charge in [-0.3, -0.25) is 14.5 Å². The van der Waals surface area contributed by atoms with Gasteiger partial charge in [-0.2, -0.15) is 0 Å². The summed E-state index contributed by atoms with van der Waals surface area (Å²) >= 11 is 0. The van der Waals surface area contributed by atoms with Crippen molar-refractivity contribution in [3.63, 3.8) is 0 Å². The minimum absolute atomic E-state index is 0.0962. The van der Waals surface area contributed by atoms with Gasteiger partial charge in [0.15, 0.2) is 0 Å². The van der Waals surface area contributed by atoms with E-state index >= 15 is 0 Å². The zero-order valence-electron chi connectivity index (χ0n) is 14.1. The highest BCUT2D eigenvalue weighted by atomic mass is 16.5. The van der Waals surface area contributed by atoms with Crippen molar-refractivity contribution in [2.75, 3.05) is 46.2 Å². The number of carbonyl (C=O) groups excluding carboxylic acids is 2. The molecular weight excluding hydrogens is 298 g/mol. The Morgan fingerprint density at radius 2 is 1.83 bits per heavy atom. The summed E-state index contributed by atoms with van der Waals surface area (Å²) < 4.78 is 10.3. The summed E-state index contributed by atoms with van der Waals surface area (Å²) in [5.74, 6) is 0.833. The molecule has 0 radical (unpaired) electrons. The molecule has 2 N–H and O–H groups in total. The Labute approximate surface area is 136 Å². The van der Waals surface area contributed by atoms with E-state index in [1.165, 1.54) is 7.11 Å². The number of amides is 2.